The summed E-state index contributed by atoms with van der Waals surface area (Å²) in [7, 11) is 3.98. The van der Waals surface area contributed by atoms with Crippen LogP contribution in [0.4, 0.5) is 19.1 Å². The fraction of sp³-hybridized carbons (Fsp3) is 0.500. The third kappa shape index (κ3) is 5.55. The number of aryl methyl sites for hydroxylation is 1. The number of alkyl halides is 3. The van der Waals surface area contributed by atoms with Gasteiger partial charge in [-0.3, -0.25) is 4.90 Å². The lowest BCUT2D eigenvalue weighted by molar-refractivity contribution is -0.192. The molecular weight excluding hydrogens is 425 g/mol. The van der Waals surface area contributed by atoms with E-state index in [1.165, 1.54) is 16.8 Å². The molecule has 1 unspecified atom stereocenters. The molecule has 1 fully saturated rings. The minimum absolute atomic E-state index is 0.00507. The molecule has 1 spiro atoms. The van der Waals surface area contributed by atoms with Gasteiger partial charge < -0.3 is 14.7 Å². The van der Waals surface area contributed by atoms with Crippen LogP contribution >= 0.6 is 0 Å². The number of hydrogen-bond acceptors (Lipinski definition) is 6. The first-order chi connectivity index (χ1) is 15.0. The number of carbonyl (C=O) groups is 1. The molecule has 1 aromatic carbocycles. The monoisotopic (exact) mass is 452 g/mol. The fourth-order valence-electron chi connectivity index (χ4n) is 4.08. The van der Waals surface area contributed by atoms with Crippen LogP contribution in [0.25, 0.3) is 0 Å². The summed E-state index contributed by atoms with van der Waals surface area (Å²) < 4.78 is 37.7. The number of nitrogens with zero attached hydrogens (tertiary/aromatic N) is 4. The standard InChI is InChI=1S/C20H26N4O.C2HF3O2/c1-15-5-4-6-16(9-15)11-24-8-7-20(13-24)14-25-12-17-10-21-19(23(2)3)22-18(17)20;3-2(4,5)1(6)7/h4-6,9-10H,7-8,11-14H2,1-3H3;(H,6,7). The molecule has 0 radical (unpaired) electrons. The van der Waals surface area contributed by atoms with Crippen molar-refractivity contribution in [2.75, 3.05) is 38.7 Å². The Kier molecular flexibility index (Phi) is 7.04. The van der Waals surface area contributed by atoms with E-state index in [0.29, 0.717) is 6.61 Å². The number of carboxylic acids is 1. The van der Waals surface area contributed by atoms with E-state index in [4.69, 9.17) is 19.6 Å². The molecule has 32 heavy (non-hydrogen) atoms. The number of likely N-dealkylation sites (tertiary alicyclic amines) is 1. The molecule has 1 atom stereocenters. The van der Waals surface area contributed by atoms with Crippen LogP contribution in [-0.4, -0.2) is 65.9 Å². The molecule has 0 bridgehead atoms. The van der Waals surface area contributed by atoms with Crippen LogP contribution in [0.1, 0.15) is 28.8 Å². The van der Waals surface area contributed by atoms with Crippen molar-refractivity contribution in [2.45, 2.75) is 38.1 Å². The van der Waals surface area contributed by atoms with Gasteiger partial charge in [-0.2, -0.15) is 13.2 Å². The van der Waals surface area contributed by atoms with Crippen LogP contribution in [0.15, 0.2) is 30.5 Å². The van der Waals surface area contributed by atoms with E-state index in [0.717, 1.165) is 44.2 Å². The first-order valence-electron chi connectivity index (χ1n) is 10.2. The highest BCUT2D eigenvalue weighted by molar-refractivity contribution is 5.73. The van der Waals surface area contributed by atoms with Crippen molar-refractivity contribution in [1.82, 2.24) is 14.9 Å². The lowest BCUT2D eigenvalue weighted by atomic mass is 9.80. The molecule has 174 valence electrons. The summed E-state index contributed by atoms with van der Waals surface area (Å²) in [6, 6.07) is 8.80. The van der Waals surface area contributed by atoms with Crippen molar-refractivity contribution >= 4 is 11.9 Å². The van der Waals surface area contributed by atoms with Gasteiger partial charge in [0.15, 0.2) is 0 Å². The average molecular weight is 452 g/mol. The molecule has 1 N–H and O–H groups in total. The van der Waals surface area contributed by atoms with Gasteiger partial charge in [0, 0.05) is 38.9 Å². The summed E-state index contributed by atoms with van der Waals surface area (Å²) in [5.74, 6) is -1.97. The summed E-state index contributed by atoms with van der Waals surface area (Å²) in [5, 5.41) is 7.12. The number of benzene rings is 1. The molecule has 7 nitrogen and oxygen atoms in total. The van der Waals surface area contributed by atoms with E-state index >= 15 is 0 Å². The van der Waals surface area contributed by atoms with Crippen LogP contribution in [0, 0.1) is 6.92 Å². The zero-order chi connectivity index (χ0) is 23.5. The summed E-state index contributed by atoms with van der Waals surface area (Å²) in [6.45, 7) is 6.61. The van der Waals surface area contributed by atoms with Gasteiger partial charge in [-0.25, -0.2) is 14.8 Å². The Labute approximate surface area is 184 Å². The maximum absolute atomic E-state index is 10.6. The molecule has 0 saturated carbocycles. The van der Waals surface area contributed by atoms with E-state index in [2.05, 4.69) is 41.1 Å². The molecule has 0 amide bonds. The topological polar surface area (TPSA) is 78.8 Å². The number of aromatic nitrogens is 2. The maximum Gasteiger partial charge on any atom is 0.490 e. The number of aliphatic carboxylic acids is 1. The van der Waals surface area contributed by atoms with Gasteiger partial charge in [0.05, 0.1) is 24.3 Å². The van der Waals surface area contributed by atoms with Crippen molar-refractivity contribution in [3.05, 3.63) is 52.8 Å². The lowest BCUT2D eigenvalue weighted by Gasteiger charge is -2.34. The summed E-state index contributed by atoms with van der Waals surface area (Å²) in [4.78, 5) is 22.8. The third-order valence-electron chi connectivity index (χ3n) is 5.55. The molecule has 0 aliphatic carbocycles. The Balaban J connectivity index is 0.000000360. The minimum atomic E-state index is -5.08. The number of anilines is 1. The van der Waals surface area contributed by atoms with Crippen molar-refractivity contribution in [3.63, 3.8) is 0 Å². The Morgan fingerprint density at radius 1 is 1.34 bits per heavy atom. The largest absolute Gasteiger partial charge is 0.490 e. The second kappa shape index (κ2) is 9.41. The van der Waals surface area contributed by atoms with Crippen LogP contribution < -0.4 is 4.90 Å². The molecule has 2 aliphatic rings. The fourth-order valence-corrected chi connectivity index (χ4v) is 4.08. The molecule has 1 aromatic heterocycles. The number of carboxylic acid groups (broad SMARTS) is 1. The van der Waals surface area contributed by atoms with Gasteiger partial charge in [0.1, 0.15) is 0 Å². The van der Waals surface area contributed by atoms with Gasteiger partial charge in [0.2, 0.25) is 5.95 Å². The van der Waals surface area contributed by atoms with Crippen LogP contribution in [0.3, 0.4) is 0 Å². The number of fused-ring (bicyclic) bond motifs is 2. The molecule has 10 heteroatoms. The maximum atomic E-state index is 10.6. The van der Waals surface area contributed by atoms with Crippen molar-refractivity contribution in [2.24, 2.45) is 0 Å². The minimum Gasteiger partial charge on any atom is -0.475 e. The van der Waals surface area contributed by atoms with Crippen LogP contribution in [0.5, 0.6) is 0 Å². The quantitative estimate of drug-likeness (QED) is 0.767. The highest BCUT2D eigenvalue weighted by atomic mass is 19.4. The number of halogens is 3. The van der Waals surface area contributed by atoms with E-state index < -0.39 is 12.1 Å². The van der Waals surface area contributed by atoms with Gasteiger partial charge in [0.25, 0.3) is 0 Å². The SMILES string of the molecule is Cc1cccc(CN2CCC3(COCc4cnc(N(C)C)nc43)C2)c1.O=C(O)C(F)(F)F. The Morgan fingerprint density at radius 2 is 2.06 bits per heavy atom. The molecule has 3 heterocycles. The molecule has 1 saturated heterocycles. The van der Waals surface area contributed by atoms with Crippen molar-refractivity contribution in [1.29, 1.82) is 0 Å². The molecule has 2 aromatic rings. The Bertz CT molecular complexity index is 968. The third-order valence-corrected chi connectivity index (χ3v) is 5.55. The van der Waals surface area contributed by atoms with Crippen LogP contribution in [0.2, 0.25) is 0 Å². The van der Waals surface area contributed by atoms with Crippen molar-refractivity contribution < 1.29 is 27.8 Å². The number of rotatable bonds is 3. The van der Waals surface area contributed by atoms with Gasteiger partial charge >= 0.3 is 12.1 Å². The predicted molar refractivity (Wildman–Crippen MR) is 112 cm³/mol. The van der Waals surface area contributed by atoms with Crippen LogP contribution in [-0.2, 0) is 28.1 Å². The first-order valence-corrected chi connectivity index (χ1v) is 10.2. The summed E-state index contributed by atoms with van der Waals surface area (Å²) >= 11 is 0. The Hall–Kier alpha value is -2.72. The highest BCUT2D eigenvalue weighted by Gasteiger charge is 2.45. The summed E-state index contributed by atoms with van der Waals surface area (Å²) in [6.07, 6.45) is -2.04. The van der Waals surface area contributed by atoms with E-state index in [-0.39, 0.29) is 5.41 Å². The smallest absolute Gasteiger partial charge is 0.475 e. The van der Waals surface area contributed by atoms with E-state index in [1.54, 1.807) is 0 Å². The Morgan fingerprint density at radius 3 is 2.69 bits per heavy atom. The highest BCUT2D eigenvalue weighted by Crippen LogP contribution is 2.39. The second-order valence-corrected chi connectivity index (χ2v) is 8.46. The summed E-state index contributed by atoms with van der Waals surface area (Å²) in [5.41, 5.74) is 5.05. The van der Waals surface area contributed by atoms with E-state index in [1.807, 2.05) is 25.2 Å². The zero-order valence-electron chi connectivity index (χ0n) is 18.3. The van der Waals surface area contributed by atoms with Gasteiger partial charge in [-0.1, -0.05) is 29.8 Å². The number of hydrogen-bond donors (Lipinski definition) is 1. The van der Waals surface area contributed by atoms with Crippen molar-refractivity contribution in [3.8, 4) is 0 Å². The number of ether oxygens (including phenoxy) is 1. The second-order valence-electron chi connectivity index (χ2n) is 8.46. The molecule has 2 aliphatic heterocycles. The molecular formula is C22H27F3N4O3. The predicted octanol–water partition coefficient (Wildman–Crippen LogP) is 3.16. The zero-order valence-corrected chi connectivity index (χ0v) is 18.3. The molecule has 4 rings (SSSR count). The van der Waals surface area contributed by atoms with E-state index in [9.17, 15) is 13.2 Å². The van der Waals surface area contributed by atoms with Gasteiger partial charge in [-0.05, 0) is 25.5 Å². The lowest BCUT2D eigenvalue weighted by Crippen LogP contribution is -2.40. The van der Waals surface area contributed by atoms with Gasteiger partial charge in [-0.15, -0.1) is 0 Å². The average Bonchev–Trinajstić information content (AvgIpc) is 3.10. The normalized spacial score (nSPS) is 20.4. The first kappa shape index (κ1) is 23.9.